The van der Waals surface area contributed by atoms with E-state index in [4.69, 9.17) is 15.6 Å². The zero-order valence-corrected chi connectivity index (χ0v) is 11.7. The molecular weight excluding hydrogens is 234 g/mol. The minimum Gasteiger partial charge on any atom is -0.478 e. The maximum absolute atomic E-state index is 10.4. The van der Waals surface area contributed by atoms with Crippen LogP contribution in [-0.2, 0) is 9.53 Å². The molecule has 0 aromatic heterocycles. The number of aliphatic carboxylic acids is 1. The van der Waals surface area contributed by atoms with E-state index >= 15 is 0 Å². The first-order valence-electron chi connectivity index (χ1n) is 6.07. The van der Waals surface area contributed by atoms with E-state index < -0.39 is 12.1 Å². The Bertz CT molecular complexity index is 264. The van der Waals surface area contributed by atoms with E-state index in [0.29, 0.717) is 5.92 Å². The van der Waals surface area contributed by atoms with Crippen molar-refractivity contribution in [1.82, 2.24) is 0 Å². The molecule has 0 aromatic rings. The maximum atomic E-state index is 10.4. The zero-order valence-electron chi connectivity index (χ0n) is 11.7. The summed E-state index contributed by atoms with van der Waals surface area (Å²) >= 11 is 0. The number of carboxylic acid groups (broad SMARTS) is 1. The lowest BCUT2D eigenvalue weighted by Gasteiger charge is -2.18. The summed E-state index contributed by atoms with van der Waals surface area (Å²) in [6.45, 7) is 10.7. The number of unbranched alkanes of at least 4 members (excludes halogenated alkanes) is 1. The average Bonchev–Trinajstić information content (AvgIpc) is 2.25. The molecule has 0 spiro atoms. The Hall–Kier alpha value is -1.52. The minimum atomic E-state index is -0.935. The summed E-state index contributed by atoms with van der Waals surface area (Å²) in [6, 6.07) is 0. The third kappa shape index (κ3) is 12.5. The van der Waals surface area contributed by atoms with Gasteiger partial charge in [0.1, 0.15) is 6.10 Å². The van der Waals surface area contributed by atoms with Gasteiger partial charge in [-0.3, -0.25) is 0 Å². The first-order valence-corrected chi connectivity index (χ1v) is 6.07. The number of hydrogen-bond acceptors (Lipinski definition) is 3. The fourth-order valence-electron chi connectivity index (χ4n) is 1.06. The van der Waals surface area contributed by atoms with Crippen molar-refractivity contribution in [2.75, 3.05) is 0 Å². The predicted molar refractivity (Wildman–Crippen MR) is 71.3 cm³/mol. The standard InChI is InChI=1S/C9H19NO2.C4H6O2/c1-4-5-6-7(2)8(3)12-9(10)11;1-3(2)4(5)6/h7-8H,4-6H2,1-3H3,(H2,10,11);1H2,2H3,(H,5,6). The number of hydrogen-bond donors (Lipinski definition) is 2. The van der Waals surface area contributed by atoms with Gasteiger partial charge in [0.25, 0.3) is 0 Å². The monoisotopic (exact) mass is 259 g/mol. The van der Waals surface area contributed by atoms with Gasteiger partial charge in [0.05, 0.1) is 0 Å². The van der Waals surface area contributed by atoms with Crippen LogP contribution in [0.1, 0.15) is 47.0 Å². The van der Waals surface area contributed by atoms with Gasteiger partial charge in [-0.1, -0.05) is 33.3 Å². The molecule has 0 aliphatic heterocycles. The van der Waals surface area contributed by atoms with Crippen LogP contribution in [0.15, 0.2) is 12.2 Å². The number of rotatable bonds is 6. The molecule has 0 aliphatic carbocycles. The lowest BCUT2D eigenvalue weighted by molar-refractivity contribution is -0.132. The summed E-state index contributed by atoms with van der Waals surface area (Å²) < 4.78 is 4.85. The molecule has 5 heteroatoms. The molecule has 2 unspecified atom stereocenters. The van der Waals surface area contributed by atoms with E-state index in [1.807, 2.05) is 6.92 Å². The normalized spacial score (nSPS) is 12.7. The average molecular weight is 259 g/mol. The van der Waals surface area contributed by atoms with Gasteiger partial charge in [0, 0.05) is 5.57 Å². The number of amides is 1. The highest BCUT2D eigenvalue weighted by Crippen LogP contribution is 2.14. The SMILES string of the molecule is C=C(C)C(=O)O.CCCCC(C)C(C)OC(N)=O. The molecule has 1 amide bonds. The van der Waals surface area contributed by atoms with Crippen molar-refractivity contribution in [3.63, 3.8) is 0 Å². The fraction of sp³-hybridized carbons (Fsp3) is 0.692. The Morgan fingerprint density at radius 3 is 2.11 bits per heavy atom. The number of carbonyl (C=O) groups excluding carboxylic acids is 1. The Labute approximate surface area is 109 Å². The lowest BCUT2D eigenvalue weighted by Crippen LogP contribution is -2.25. The molecule has 0 fully saturated rings. The first-order chi connectivity index (χ1) is 8.22. The molecular formula is C13H25NO4. The first kappa shape index (κ1) is 18.8. The summed E-state index contributed by atoms with van der Waals surface area (Å²) in [4.78, 5) is 20.0. The number of primary amides is 1. The van der Waals surface area contributed by atoms with Crippen molar-refractivity contribution >= 4 is 12.1 Å². The summed E-state index contributed by atoms with van der Waals surface area (Å²) in [5, 5.41) is 7.89. The topological polar surface area (TPSA) is 89.6 Å². The maximum Gasteiger partial charge on any atom is 0.404 e. The molecule has 0 aromatic carbocycles. The van der Waals surface area contributed by atoms with Crippen LogP contribution in [0.25, 0.3) is 0 Å². The summed E-state index contributed by atoms with van der Waals surface area (Å²) in [6.07, 6.45) is 2.70. The van der Waals surface area contributed by atoms with Crippen LogP contribution < -0.4 is 5.73 Å². The van der Waals surface area contributed by atoms with Crippen molar-refractivity contribution in [2.24, 2.45) is 11.7 Å². The molecule has 0 rings (SSSR count). The van der Waals surface area contributed by atoms with Gasteiger partial charge < -0.3 is 15.6 Å². The van der Waals surface area contributed by atoms with Crippen molar-refractivity contribution < 1.29 is 19.4 Å². The van der Waals surface area contributed by atoms with Gasteiger partial charge >= 0.3 is 12.1 Å². The van der Waals surface area contributed by atoms with Gasteiger partial charge in [0.15, 0.2) is 0 Å². The highest BCUT2D eigenvalue weighted by atomic mass is 16.6. The van der Waals surface area contributed by atoms with E-state index in [0.717, 1.165) is 6.42 Å². The molecule has 0 aliphatic rings. The second-order valence-electron chi connectivity index (χ2n) is 4.35. The van der Waals surface area contributed by atoms with Crippen molar-refractivity contribution in [2.45, 2.75) is 53.1 Å². The van der Waals surface area contributed by atoms with Gasteiger partial charge in [-0.15, -0.1) is 0 Å². The second kappa shape index (κ2) is 10.6. The van der Waals surface area contributed by atoms with Crippen LogP contribution in [0.4, 0.5) is 4.79 Å². The number of ether oxygens (including phenoxy) is 1. The Morgan fingerprint density at radius 2 is 1.83 bits per heavy atom. The number of carbonyl (C=O) groups is 2. The van der Waals surface area contributed by atoms with Crippen molar-refractivity contribution in [3.05, 3.63) is 12.2 Å². The van der Waals surface area contributed by atoms with Crippen LogP contribution >= 0.6 is 0 Å². The molecule has 106 valence electrons. The van der Waals surface area contributed by atoms with E-state index in [-0.39, 0.29) is 11.7 Å². The molecule has 2 atom stereocenters. The van der Waals surface area contributed by atoms with E-state index in [1.54, 1.807) is 0 Å². The quantitative estimate of drug-likeness (QED) is 0.717. The van der Waals surface area contributed by atoms with E-state index in [2.05, 4.69) is 20.4 Å². The predicted octanol–water partition coefficient (Wildman–Crippen LogP) is 2.94. The molecule has 0 saturated heterocycles. The summed E-state index contributed by atoms with van der Waals surface area (Å²) in [7, 11) is 0. The third-order valence-corrected chi connectivity index (χ3v) is 2.48. The molecule has 18 heavy (non-hydrogen) atoms. The summed E-state index contributed by atoms with van der Waals surface area (Å²) in [5.74, 6) is -0.535. The Morgan fingerprint density at radius 1 is 1.39 bits per heavy atom. The van der Waals surface area contributed by atoms with Crippen molar-refractivity contribution in [3.8, 4) is 0 Å². The van der Waals surface area contributed by atoms with Gasteiger partial charge in [-0.2, -0.15) is 0 Å². The van der Waals surface area contributed by atoms with Crippen LogP contribution in [0.3, 0.4) is 0 Å². The Balaban J connectivity index is 0. The zero-order chi connectivity index (χ0) is 14.7. The molecule has 5 nitrogen and oxygen atoms in total. The largest absolute Gasteiger partial charge is 0.478 e. The number of nitrogens with two attached hydrogens (primary N) is 1. The molecule has 3 N–H and O–H groups in total. The summed E-state index contributed by atoms with van der Waals surface area (Å²) in [5.41, 5.74) is 5.07. The van der Waals surface area contributed by atoms with Crippen LogP contribution in [-0.4, -0.2) is 23.3 Å². The van der Waals surface area contributed by atoms with Crippen LogP contribution in [0, 0.1) is 5.92 Å². The smallest absolute Gasteiger partial charge is 0.404 e. The molecule has 0 bridgehead atoms. The third-order valence-electron chi connectivity index (χ3n) is 2.48. The molecule has 0 heterocycles. The highest BCUT2D eigenvalue weighted by Gasteiger charge is 2.14. The minimum absolute atomic E-state index is 0.0611. The van der Waals surface area contributed by atoms with Gasteiger partial charge in [-0.25, -0.2) is 9.59 Å². The van der Waals surface area contributed by atoms with E-state index in [1.165, 1.54) is 19.8 Å². The molecule has 0 saturated carbocycles. The lowest BCUT2D eigenvalue weighted by atomic mass is 9.99. The fourth-order valence-corrected chi connectivity index (χ4v) is 1.06. The van der Waals surface area contributed by atoms with Crippen molar-refractivity contribution in [1.29, 1.82) is 0 Å². The number of carboxylic acids is 1. The van der Waals surface area contributed by atoms with Gasteiger partial charge in [0.2, 0.25) is 0 Å². The van der Waals surface area contributed by atoms with Gasteiger partial charge in [-0.05, 0) is 26.2 Å². The molecule has 0 radical (unpaired) electrons. The van der Waals surface area contributed by atoms with E-state index in [9.17, 15) is 9.59 Å². The van der Waals surface area contributed by atoms with Crippen LogP contribution in [0.2, 0.25) is 0 Å². The Kier molecular flexibility index (Phi) is 11.1. The highest BCUT2D eigenvalue weighted by molar-refractivity contribution is 5.84. The van der Waals surface area contributed by atoms with Crippen LogP contribution in [0.5, 0.6) is 0 Å². The second-order valence-corrected chi connectivity index (χ2v) is 4.35.